The highest BCUT2D eigenvalue weighted by atomic mass is 16.5. The van der Waals surface area contributed by atoms with Crippen LogP contribution in [0.15, 0.2) is 23.3 Å². The van der Waals surface area contributed by atoms with Crippen molar-refractivity contribution in [2.75, 3.05) is 200 Å². The molecule has 19 nitrogen and oxygen atoms in total. The van der Waals surface area contributed by atoms with Crippen molar-refractivity contribution in [3.8, 4) is 0 Å². The van der Waals surface area contributed by atoms with Gasteiger partial charge in [-0.2, -0.15) is 0 Å². The number of likely N-dealkylation sites (N-methyl/N-ethyl adjacent to an activating group) is 7. The van der Waals surface area contributed by atoms with Gasteiger partial charge in [0.15, 0.2) is 0 Å². The number of hydrogen-bond acceptors (Lipinski definition) is 19. The Labute approximate surface area is 465 Å². The molecule has 0 aromatic heterocycles. The Bertz CT molecular complexity index is 1710. The molecular weight excluding hydrogens is 973 g/mol. The zero-order valence-electron chi connectivity index (χ0n) is 49.5. The summed E-state index contributed by atoms with van der Waals surface area (Å²) < 4.78 is 27.1. The van der Waals surface area contributed by atoms with Crippen molar-refractivity contribution in [1.82, 2.24) is 34.3 Å². The fourth-order valence-corrected chi connectivity index (χ4v) is 16.0. The smallest absolute Gasteiger partial charge is 0.0893 e. The van der Waals surface area contributed by atoms with Gasteiger partial charge < -0.3 is 98.1 Å². The van der Waals surface area contributed by atoms with Gasteiger partial charge in [-0.3, -0.25) is 0 Å². The van der Waals surface area contributed by atoms with Crippen LogP contribution in [0.4, 0.5) is 0 Å². The van der Waals surface area contributed by atoms with Crippen molar-refractivity contribution in [1.29, 1.82) is 0 Å². The molecule has 0 aromatic rings. The quantitative estimate of drug-likeness (QED) is 0.157. The van der Waals surface area contributed by atoms with Gasteiger partial charge in [0.05, 0.1) is 66.8 Å². The molecule has 0 radical (unpaired) electrons. The monoisotopic (exact) mass is 1080 g/mol. The molecule has 77 heavy (non-hydrogen) atoms. The van der Waals surface area contributed by atoms with E-state index < -0.39 is 0 Å². The second-order valence-electron chi connectivity index (χ2n) is 27.7. The minimum Gasteiger partial charge on any atom is -0.381 e. The van der Waals surface area contributed by atoms with E-state index in [1.54, 1.807) is 0 Å². The minimum absolute atomic E-state index is 0.0347. The molecule has 14 rings (SSSR count). The molecule has 0 bridgehead atoms. The molecule has 12 fully saturated rings. The zero-order valence-corrected chi connectivity index (χ0v) is 49.5. The van der Waals surface area contributed by atoms with E-state index >= 15 is 0 Å². The van der Waals surface area contributed by atoms with Crippen molar-refractivity contribution in [3.63, 3.8) is 0 Å². The second-order valence-corrected chi connectivity index (χ2v) is 27.7. The molecule has 0 amide bonds. The Kier molecular flexibility index (Phi) is 20.9. The van der Waals surface area contributed by atoms with Gasteiger partial charge in [0.2, 0.25) is 0 Å². The largest absolute Gasteiger partial charge is 0.381 e. The summed E-state index contributed by atoms with van der Waals surface area (Å²) >= 11 is 0. The van der Waals surface area contributed by atoms with Gasteiger partial charge in [0.25, 0.3) is 0 Å². The van der Waals surface area contributed by atoms with Crippen LogP contribution < -0.4 is 40.1 Å². The zero-order chi connectivity index (χ0) is 55.3. The molecule has 19 heteroatoms. The number of ether oxygens (including phenoxy) is 5. The molecule has 2 aliphatic carbocycles. The van der Waals surface area contributed by atoms with Crippen LogP contribution in [0.2, 0.25) is 0 Å². The standard InChI is InChI=1S/C9H18N2.C9H16N2.3C8H16N2O.C8H14N2O.C8H16N2O/c2*1-11-6-8-4-2-3-5-9(8,10)7-11;1-10-4-7-5-11-3-2-8(7,9)6-10;3*1-10-4-7-2-3-11-6-8(7,9)5-10;1-10-5-7-8(9,6-10)3-2-4-11-7/h8H,2-7,10H2,1H3;4H,2-3,5-7,10H2,1H3;3*7H,2-6,9H2,1H3;2H,3-6,9H2,1H3;7H,2-6,9H2,1H3/t8-,9+;9-;7-,8-;7-,8+;7-,8-;8-;7-,8+/m0111000/s1. The van der Waals surface area contributed by atoms with Gasteiger partial charge in [-0.15, -0.1) is 0 Å². The first-order valence-electron chi connectivity index (χ1n) is 30.1. The number of nitrogens with zero attached hydrogens (tertiary/aromatic N) is 7. The lowest BCUT2D eigenvalue weighted by molar-refractivity contribution is -0.0140. The van der Waals surface area contributed by atoms with Crippen molar-refractivity contribution < 1.29 is 23.7 Å². The van der Waals surface area contributed by atoms with Gasteiger partial charge in [-0.05, 0) is 142 Å². The Balaban J connectivity index is 0.000000119. The Morgan fingerprint density at radius 3 is 1.45 bits per heavy atom. The summed E-state index contributed by atoms with van der Waals surface area (Å²) in [6, 6.07) is 0. The number of nitrogens with two attached hydrogens (primary N) is 7. The summed E-state index contributed by atoms with van der Waals surface area (Å²) in [6.07, 6.45) is 19.4. The fourth-order valence-electron chi connectivity index (χ4n) is 16.0. The third kappa shape index (κ3) is 15.5. The average Bonchev–Trinajstić information content (AvgIpc) is 4.22. The summed E-state index contributed by atoms with van der Waals surface area (Å²) in [4.78, 5) is 16.1. The first-order chi connectivity index (χ1) is 36.4. The molecule has 444 valence electrons. The van der Waals surface area contributed by atoms with Crippen LogP contribution in [0.5, 0.6) is 0 Å². The highest BCUT2D eigenvalue weighted by molar-refractivity contribution is 5.29. The SMILES string of the molecule is CN1CC2=CCCC[C@@]2(N)C1.CN1CC2=CCOC[C@@]2(N)C1.CN1C[C@@H]2CCCC[C@@]2(N)C1.CN1C[C@@H]2CCOC[C@@]2(N)C1.CN1C[C@@H]2COCC[C@@]2(N)C1.CN1C[C@@H]2OCCC[C@@]2(N)C1.CN1C[C@H]2CCOC[C@@]2(N)C1. The van der Waals surface area contributed by atoms with Crippen molar-refractivity contribution in [3.05, 3.63) is 23.3 Å². The molecule has 12 atom stereocenters. The normalized spacial score (nSPS) is 43.7. The maximum Gasteiger partial charge on any atom is 0.0893 e. The summed E-state index contributed by atoms with van der Waals surface area (Å²) in [5, 5.41) is 0. The Morgan fingerprint density at radius 1 is 0.403 bits per heavy atom. The number of rotatable bonds is 0. The van der Waals surface area contributed by atoms with E-state index in [1.807, 2.05) is 0 Å². The van der Waals surface area contributed by atoms with E-state index in [-0.39, 0.29) is 38.8 Å². The van der Waals surface area contributed by atoms with Gasteiger partial charge in [0.1, 0.15) is 0 Å². The Morgan fingerprint density at radius 2 is 0.909 bits per heavy atom. The summed E-state index contributed by atoms with van der Waals surface area (Å²) in [6.45, 7) is 22.2. The van der Waals surface area contributed by atoms with Crippen LogP contribution in [0.25, 0.3) is 0 Å². The highest BCUT2D eigenvalue weighted by Crippen LogP contribution is 2.38. The van der Waals surface area contributed by atoms with E-state index in [9.17, 15) is 0 Å². The van der Waals surface area contributed by atoms with Crippen molar-refractivity contribution in [2.45, 2.75) is 122 Å². The molecule has 0 aromatic carbocycles. The third-order valence-electron chi connectivity index (χ3n) is 20.2. The predicted octanol–water partition coefficient (Wildman–Crippen LogP) is -0.0493. The highest BCUT2D eigenvalue weighted by Gasteiger charge is 2.48. The van der Waals surface area contributed by atoms with Gasteiger partial charge in [0, 0.05) is 135 Å². The predicted molar refractivity (Wildman–Crippen MR) is 309 cm³/mol. The molecule has 12 heterocycles. The lowest BCUT2D eigenvalue weighted by Gasteiger charge is -2.34. The van der Waals surface area contributed by atoms with Crippen LogP contribution in [-0.4, -0.2) is 280 Å². The van der Waals surface area contributed by atoms with E-state index in [2.05, 4.69) is 95.8 Å². The first kappa shape index (κ1) is 61.8. The third-order valence-corrected chi connectivity index (χ3v) is 20.2. The lowest BCUT2D eigenvalue weighted by atomic mass is 9.76. The van der Waals surface area contributed by atoms with Crippen LogP contribution in [-0.2, 0) is 23.7 Å². The van der Waals surface area contributed by atoms with Crippen LogP contribution in [0, 0.1) is 23.7 Å². The minimum atomic E-state index is -0.174. The van der Waals surface area contributed by atoms with E-state index in [1.165, 1.54) is 62.6 Å². The molecule has 0 unspecified atom stereocenters. The molecule has 0 spiro atoms. The van der Waals surface area contributed by atoms with Gasteiger partial charge >= 0.3 is 0 Å². The summed E-state index contributed by atoms with van der Waals surface area (Å²) in [7, 11) is 14.9. The van der Waals surface area contributed by atoms with Crippen LogP contribution in [0.1, 0.15) is 77.0 Å². The maximum absolute atomic E-state index is 6.31. The second kappa shape index (κ2) is 26.1. The van der Waals surface area contributed by atoms with Crippen LogP contribution >= 0.6 is 0 Å². The lowest BCUT2D eigenvalue weighted by Crippen LogP contribution is -2.54. The molecule has 14 N–H and O–H groups in total. The number of likely N-dealkylation sites (tertiary alicyclic amines) is 7. The topological polar surface area (TPSA) is 251 Å². The van der Waals surface area contributed by atoms with Crippen molar-refractivity contribution in [2.24, 2.45) is 63.8 Å². The van der Waals surface area contributed by atoms with Gasteiger partial charge in [-0.1, -0.05) is 25.0 Å². The van der Waals surface area contributed by atoms with Crippen LogP contribution in [0.3, 0.4) is 0 Å². The first-order valence-corrected chi connectivity index (χ1v) is 30.1. The van der Waals surface area contributed by atoms with Crippen molar-refractivity contribution >= 4 is 0 Å². The van der Waals surface area contributed by atoms with E-state index in [4.69, 9.17) is 63.8 Å². The molecule has 14 aliphatic rings. The van der Waals surface area contributed by atoms with E-state index in [0.717, 1.165) is 176 Å². The molecule has 11 saturated heterocycles. The summed E-state index contributed by atoms with van der Waals surface area (Å²) in [5.41, 5.74) is 46.3. The van der Waals surface area contributed by atoms with Gasteiger partial charge in [-0.25, -0.2) is 0 Å². The van der Waals surface area contributed by atoms with E-state index in [0.29, 0.717) is 30.5 Å². The average molecular weight is 1090 g/mol. The molecular formula is C58H112N14O5. The Hall–Kier alpha value is -1.28. The number of hydrogen-bond donors (Lipinski definition) is 7. The number of allylic oxidation sites excluding steroid dienone is 1. The summed E-state index contributed by atoms with van der Waals surface area (Å²) in [5.74, 6) is 2.70. The maximum atomic E-state index is 6.31. The number of fused-ring (bicyclic) bond motifs is 7. The molecule has 12 aliphatic heterocycles. The molecule has 1 saturated carbocycles. The fraction of sp³-hybridized carbons (Fsp3) is 0.931.